The van der Waals surface area contributed by atoms with Crippen molar-refractivity contribution in [3.8, 4) is 5.69 Å². The topological polar surface area (TPSA) is 56.0 Å². The molecule has 124 valence electrons. The van der Waals surface area contributed by atoms with Crippen LogP contribution in [-0.2, 0) is 4.79 Å². The molecule has 3 rings (SSSR count). The monoisotopic (exact) mass is 323 g/mol. The van der Waals surface area contributed by atoms with Crippen molar-refractivity contribution in [3.63, 3.8) is 0 Å². The molecule has 0 saturated heterocycles. The minimum absolute atomic E-state index is 0.0136. The van der Waals surface area contributed by atoms with Gasteiger partial charge in [0.1, 0.15) is 18.7 Å². The van der Waals surface area contributed by atoms with E-state index in [1.54, 1.807) is 15.9 Å². The number of hydrogen-bond acceptors (Lipinski definition) is 3. The van der Waals surface area contributed by atoms with Gasteiger partial charge in [-0.2, -0.15) is 5.10 Å². The number of aromatic nitrogens is 4. The van der Waals surface area contributed by atoms with Crippen LogP contribution in [0, 0.1) is 0 Å². The zero-order chi connectivity index (χ0) is 17.1. The zero-order valence-corrected chi connectivity index (χ0v) is 14.1. The number of rotatable bonds is 5. The second-order valence-corrected chi connectivity index (χ2v) is 5.86. The van der Waals surface area contributed by atoms with E-state index in [-0.39, 0.29) is 18.0 Å². The average molecular weight is 323 g/mol. The predicted octanol–water partition coefficient (Wildman–Crippen LogP) is 2.85. The van der Waals surface area contributed by atoms with Gasteiger partial charge in [-0.15, -0.1) is 0 Å². The third-order valence-electron chi connectivity index (χ3n) is 4.42. The largest absolute Gasteiger partial charge is 0.342 e. The second-order valence-electron chi connectivity index (χ2n) is 5.86. The summed E-state index contributed by atoms with van der Waals surface area (Å²) in [6.07, 6.45) is 6.99. The highest BCUT2D eigenvalue weighted by atomic mass is 16.2. The minimum Gasteiger partial charge on any atom is -0.342 e. The van der Waals surface area contributed by atoms with E-state index in [0.29, 0.717) is 0 Å². The number of likely N-dealkylation sites (N-methyl/N-ethyl adjacent to an activating group) is 1. The smallest absolute Gasteiger partial charge is 0.245 e. The summed E-state index contributed by atoms with van der Waals surface area (Å²) in [6.45, 7) is 3.95. The van der Waals surface area contributed by atoms with Crippen LogP contribution in [-0.4, -0.2) is 37.2 Å². The molecule has 2 atom stereocenters. The Morgan fingerprint density at radius 1 is 1.12 bits per heavy atom. The van der Waals surface area contributed by atoms with Crippen LogP contribution in [0.3, 0.4) is 0 Å². The quantitative estimate of drug-likeness (QED) is 0.725. The molecular weight excluding hydrogens is 302 g/mol. The van der Waals surface area contributed by atoms with Crippen LogP contribution in [0.25, 0.3) is 5.69 Å². The summed E-state index contributed by atoms with van der Waals surface area (Å²) in [5.41, 5.74) is 2.02. The highest BCUT2D eigenvalue weighted by Crippen LogP contribution is 2.23. The first kappa shape index (κ1) is 16.0. The van der Waals surface area contributed by atoms with Gasteiger partial charge in [-0.05, 0) is 43.7 Å². The van der Waals surface area contributed by atoms with Gasteiger partial charge >= 0.3 is 0 Å². The normalized spacial score (nSPS) is 13.5. The first-order chi connectivity index (χ1) is 11.6. The fourth-order valence-electron chi connectivity index (χ4n) is 2.69. The maximum absolute atomic E-state index is 12.7. The highest BCUT2D eigenvalue weighted by molar-refractivity contribution is 5.80. The first-order valence-corrected chi connectivity index (χ1v) is 7.92. The fourth-order valence-corrected chi connectivity index (χ4v) is 2.69. The Hall–Kier alpha value is -2.89. The summed E-state index contributed by atoms with van der Waals surface area (Å²) in [5, 5.41) is 4.11. The van der Waals surface area contributed by atoms with Crippen molar-refractivity contribution in [1.82, 2.24) is 24.2 Å². The molecule has 0 aliphatic rings. The van der Waals surface area contributed by atoms with Gasteiger partial charge in [0.2, 0.25) is 5.91 Å². The van der Waals surface area contributed by atoms with Crippen molar-refractivity contribution in [2.45, 2.75) is 25.9 Å². The Morgan fingerprint density at radius 2 is 1.79 bits per heavy atom. The number of hydrogen-bond donors (Lipinski definition) is 0. The summed E-state index contributed by atoms with van der Waals surface area (Å²) in [7, 11) is 1.85. The number of benzene rings is 1. The lowest BCUT2D eigenvalue weighted by Gasteiger charge is -2.28. The predicted molar refractivity (Wildman–Crippen MR) is 91.7 cm³/mol. The second kappa shape index (κ2) is 6.70. The molecule has 0 saturated carbocycles. The molecule has 24 heavy (non-hydrogen) atoms. The van der Waals surface area contributed by atoms with Crippen LogP contribution in [0.15, 0.2) is 61.4 Å². The van der Waals surface area contributed by atoms with Gasteiger partial charge in [-0.25, -0.2) is 9.67 Å². The van der Waals surface area contributed by atoms with E-state index in [2.05, 4.69) is 10.1 Å². The lowest BCUT2D eigenvalue weighted by atomic mass is 10.1. The number of carbonyl (C=O) groups excluding carboxylic acids is 1. The van der Waals surface area contributed by atoms with Crippen LogP contribution >= 0.6 is 0 Å². The van der Waals surface area contributed by atoms with Crippen molar-refractivity contribution in [3.05, 3.63) is 67.0 Å². The van der Waals surface area contributed by atoms with Gasteiger partial charge in [0.25, 0.3) is 0 Å². The number of amides is 1. The van der Waals surface area contributed by atoms with Crippen molar-refractivity contribution in [1.29, 1.82) is 0 Å². The third kappa shape index (κ3) is 3.08. The lowest BCUT2D eigenvalue weighted by molar-refractivity contribution is -0.134. The van der Waals surface area contributed by atoms with E-state index in [9.17, 15) is 4.79 Å². The SMILES string of the molecule is C[C@@H](c1ccc(-n2cncn2)cc1)N(C)C(=O)[C@H](C)n1cccc1. The van der Waals surface area contributed by atoms with Crippen LogP contribution in [0.5, 0.6) is 0 Å². The van der Waals surface area contributed by atoms with Crippen molar-refractivity contribution in [2.75, 3.05) is 7.05 Å². The molecule has 2 heterocycles. The number of nitrogens with zero attached hydrogens (tertiary/aromatic N) is 5. The van der Waals surface area contributed by atoms with E-state index in [0.717, 1.165) is 11.3 Å². The average Bonchev–Trinajstić information content (AvgIpc) is 3.32. The molecule has 2 aromatic heterocycles. The Bertz CT molecular complexity index is 777. The molecule has 0 spiro atoms. The molecule has 0 unspecified atom stereocenters. The standard InChI is InChI=1S/C18H21N5O/c1-14(21(3)18(24)15(2)22-10-4-5-11-22)16-6-8-17(9-7-16)23-13-19-12-20-23/h4-15H,1-3H3/t14-,15-/m0/s1. The highest BCUT2D eigenvalue weighted by Gasteiger charge is 2.23. The van der Waals surface area contributed by atoms with Crippen LogP contribution < -0.4 is 0 Å². The van der Waals surface area contributed by atoms with E-state index in [4.69, 9.17) is 0 Å². The van der Waals surface area contributed by atoms with Gasteiger partial charge in [-0.1, -0.05) is 12.1 Å². The fraction of sp³-hybridized carbons (Fsp3) is 0.278. The van der Waals surface area contributed by atoms with E-state index >= 15 is 0 Å². The van der Waals surface area contributed by atoms with Gasteiger partial charge in [0.05, 0.1) is 11.7 Å². The third-order valence-corrected chi connectivity index (χ3v) is 4.42. The molecular formula is C18H21N5O. The Labute approximate surface area is 141 Å². The summed E-state index contributed by atoms with van der Waals surface area (Å²) in [6, 6.07) is 11.6. The number of carbonyl (C=O) groups is 1. The van der Waals surface area contributed by atoms with Crippen molar-refractivity contribution in [2.24, 2.45) is 0 Å². The van der Waals surface area contributed by atoms with Gasteiger partial charge < -0.3 is 9.47 Å². The van der Waals surface area contributed by atoms with Gasteiger partial charge in [-0.3, -0.25) is 4.79 Å². The van der Waals surface area contributed by atoms with E-state index in [1.165, 1.54) is 6.33 Å². The maximum Gasteiger partial charge on any atom is 0.245 e. The van der Waals surface area contributed by atoms with Crippen LogP contribution in [0.4, 0.5) is 0 Å². The molecule has 0 radical (unpaired) electrons. The first-order valence-electron chi connectivity index (χ1n) is 7.92. The molecule has 6 heteroatoms. The molecule has 0 N–H and O–H groups in total. The van der Waals surface area contributed by atoms with Crippen LogP contribution in [0.1, 0.15) is 31.5 Å². The molecule has 3 aromatic rings. The molecule has 6 nitrogen and oxygen atoms in total. The molecule has 0 aliphatic heterocycles. The van der Waals surface area contributed by atoms with Gasteiger partial charge in [0.15, 0.2) is 0 Å². The Morgan fingerprint density at radius 3 is 2.38 bits per heavy atom. The molecule has 0 bridgehead atoms. The van der Waals surface area contributed by atoms with Crippen molar-refractivity contribution < 1.29 is 4.79 Å². The maximum atomic E-state index is 12.7. The Kier molecular flexibility index (Phi) is 4.46. The molecule has 1 aromatic carbocycles. The zero-order valence-electron chi connectivity index (χ0n) is 14.1. The van der Waals surface area contributed by atoms with Crippen molar-refractivity contribution >= 4 is 5.91 Å². The Balaban J connectivity index is 1.73. The summed E-state index contributed by atoms with van der Waals surface area (Å²) in [4.78, 5) is 18.4. The molecule has 0 fully saturated rings. The molecule has 0 aliphatic carbocycles. The summed E-state index contributed by atoms with van der Waals surface area (Å²) < 4.78 is 3.62. The summed E-state index contributed by atoms with van der Waals surface area (Å²) in [5.74, 6) is 0.0825. The lowest BCUT2D eigenvalue weighted by Crippen LogP contribution is -2.34. The summed E-state index contributed by atoms with van der Waals surface area (Å²) >= 11 is 0. The van der Waals surface area contributed by atoms with Gasteiger partial charge in [0, 0.05) is 19.4 Å². The van der Waals surface area contributed by atoms with E-state index in [1.807, 2.05) is 74.3 Å². The van der Waals surface area contributed by atoms with E-state index < -0.39 is 0 Å². The minimum atomic E-state index is -0.220. The molecule has 1 amide bonds. The van der Waals surface area contributed by atoms with Crippen LogP contribution in [0.2, 0.25) is 0 Å².